The first-order chi connectivity index (χ1) is 9.78. The van der Waals surface area contributed by atoms with Crippen molar-refractivity contribution in [3.05, 3.63) is 34.9 Å². The van der Waals surface area contributed by atoms with E-state index in [9.17, 15) is 4.79 Å². The summed E-state index contributed by atoms with van der Waals surface area (Å²) < 4.78 is 0. The van der Waals surface area contributed by atoms with Gasteiger partial charge in [-0.05, 0) is 74.9 Å². The molecule has 0 spiro atoms. The Bertz CT molecular complexity index is 496. The van der Waals surface area contributed by atoms with Gasteiger partial charge in [0.2, 0.25) is 0 Å². The fourth-order valence-electron chi connectivity index (χ4n) is 3.52. The molecule has 0 bridgehead atoms. The van der Waals surface area contributed by atoms with Crippen molar-refractivity contribution in [2.45, 2.75) is 32.1 Å². The Morgan fingerprint density at radius 1 is 1.24 bits per heavy atom. The molecule has 1 aliphatic carbocycles. The van der Waals surface area contributed by atoms with Gasteiger partial charge in [0.1, 0.15) is 0 Å². The SMILES string of the molecule is CNCC1CCN(C(=O)c2ccc3c(c2)CCC3)CC1.Cl. The second-order valence-electron chi connectivity index (χ2n) is 6.13. The molecule has 1 heterocycles. The third-order valence-electron chi connectivity index (χ3n) is 4.74. The molecule has 1 saturated heterocycles. The molecule has 1 fully saturated rings. The summed E-state index contributed by atoms with van der Waals surface area (Å²) in [6, 6.07) is 6.31. The molecule has 1 N–H and O–H groups in total. The van der Waals surface area contributed by atoms with Crippen molar-refractivity contribution in [3.63, 3.8) is 0 Å². The predicted octanol–water partition coefficient (Wildman–Crippen LogP) is 2.67. The number of carbonyl (C=O) groups is 1. The second kappa shape index (κ2) is 7.28. The van der Waals surface area contributed by atoms with E-state index in [-0.39, 0.29) is 18.3 Å². The summed E-state index contributed by atoms with van der Waals surface area (Å²) in [6.07, 6.45) is 5.80. The van der Waals surface area contributed by atoms with E-state index in [1.807, 2.05) is 18.0 Å². The number of hydrogen-bond acceptors (Lipinski definition) is 2. The van der Waals surface area contributed by atoms with Crippen LogP contribution in [0.3, 0.4) is 0 Å². The minimum atomic E-state index is 0. The number of rotatable bonds is 3. The zero-order valence-corrected chi connectivity index (χ0v) is 13.5. The topological polar surface area (TPSA) is 32.3 Å². The predicted molar refractivity (Wildman–Crippen MR) is 88.3 cm³/mol. The average Bonchev–Trinajstić information content (AvgIpc) is 2.95. The number of hydrogen-bond donors (Lipinski definition) is 1. The lowest BCUT2D eigenvalue weighted by atomic mass is 9.96. The molecule has 116 valence electrons. The van der Waals surface area contributed by atoms with E-state index >= 15 is 0 Å². The van der Waals surface area contributed by atoms with Gasteiger partial charge in [-0.25, -0.2) is 0 Å². The number of aryl methyl sites for hydroxylation is 2. The molecule has 1 aliphatic heterocycles. The molecule has 0 unspecified atom stereocenters. The Morgan fingerprint density at radius 2 is 1.95 bits per heavy atom. The van der Waals surface area contributed by atoms with Gasteiger partial charge in [0.15, 0.2) is 0 Å². The number of fused-ring (bicyclic) bond motifs is 1. The van der Waals surface area contributed by atoms with E-state index in [1.54, 1.807) is 0 Å². The summed E-state index contributed by atoms with van der Waals surface area (Å²) in [4.78, 5) is 14.6. The zero-order chi connectivity index (χ0) is 13.9. The highest BCUT2D eigenvalue weighted by Crippen LogP contribution is 2.24. The van der Waals surface area contributed by atoms with E-state index in [1.165, 1.54) is 24.0 Å². The van der Waals surface area contributed by atoms with Crippen LogP contribution in [0.1, 0.15) is 40.7 Å². The largest absolute Gasteiger partial charge is 0.339 e. The summed E-state index contributed by atoms with van der Waals surface area (Å²) in [6.45, 7) is 2.88. The van der Waals surface area contributed by atoms with Crippen molar-refractivity contribution < 1.29 is 4.79 Å². The first-order valence-corrected chi connectivity index (χ1v) is 7.83. The molecule has 21 heavy (non-hydrogen) atoms. The van der Waals surface area contributed by atoms with Crippen LogP contribution in [0.4, 0.5) is 0 Å². The number of nitrogens with zero attached hydrogens (tertiary/aromatic N) is 1. The van der Waals surface area contributed by atoms with Crippen LogP contribution in [0.5, 0.6) is 0 Å². The average molecular weight is 309 g/mol. The Morgan fingerprint density at radius 3 is 2.67 bits per heavy atom. The molecule has 0 atom stereocenters. The lowest BCUT2D eigenvalue weighted by Crippen LogP contribution is -2.40. The van der Waals surface area contributed by atoms with Crippen molar-refractivity contribution in [1.29, 1.82) is 0 Å². The summed E-state index contributed by atoms with van der Waals surface area (Å²) in [5, 5.41) is 3.24. The highest BCUT2D eigenvalue weighted by atomic mass is 35.5. The maximum atomic E-state index is 12.6. The maximum absolute atomic E-state index is 12.6. The van der Waals surface area contributed by atoms with E-state index in [4.69, 9.17) is 0 Å². The van der Waals surface area contributed by atoms with Crippen molar-refractivity contribution in [2.24, 2.45) is 5.92 Å². The number of likely N-dealkylation sites (tertiary alicyclic amines) is 1. The minimum absolute atomic E-state index is 0. The molecule has 1 aromatic carbocycles. The highest BCUT2D eigenvalue weighted by Gasteiger charge is 2.24. The Balaban J connectivity index is 0.00000161. The van der Waals surface area contributed by atoms with E-state index in [0.717, 1.165) is 50.4 Å². The van der Waals surface area contributed by atoms with Crippen LogP contribution in [0.2, 0.25) is 0 Å². The zero-order valence-electron chi connectivity index (χ0n) is 12.7. The standard InChI is InChI=1S/C17H24N2O.ClH/c1-18-12-13-7-9-19(10-8-13)17(20)16-6-5-14-3-2-4-15(14)11-16;/h5-6,11,13,18H,2-4,7-10,12H2,1H3;1H. The second-order valence-corrected chi connectivity index (χ2v) is 6.13. The summed E-state index contributed by atoms with van der Waals surface area (Å²) in [7, 11) is 2.00. The van der Waals surface area contributed by atoms with Crippen LogP contribution in [0, 0.1) is 5.92 Å². The van der Waals surface area contributed by atoms with Gasteiger partial charge in [0.25, 0.3) is 5.91 Å². The van der Waals surface area contributed by atoms with E-state index < -0.39 is 0 Å². The lowest BCUT2D eigenvalue weighted by molar-refractivity contribution is 0.0691. The van der Waals surface area contributed by atoms with Gasteiger partial charge in [-0.15, -0.1) is 12.4 Å². The molecule has 0 saturated carbocycles. The molecule has 1 aromatic rings. The number of benzene rings is 1. The maximum Gasteiger partial charge on any atom is 0.253 e. The van der Waals surface area contributed by atoms with Gasteiger partial charge in [-0.2, -0.15) is 0 Å². The van der Waals surface area contributed by atoms with Gasteiger partial charge in [0, 0.05) is 18.7 Å². The van der Waals surface area contributed by atoms with Crippen LogP contribution in [-0.2, 0) is 12.8 Å². The van der Waals surface area contributed by atoms with Gasteiger partial charge in [0.05, 0.1) is 0 Å². The molecule has 0 aromatic heterocycles. The smallest absolute Gasteiger partial charge is 0.253 e. The summed E-state index contributed by atoms with van der Waals surface area (Å²) >= 11 is 0. The minimum Gasteiger partial charge on any atom is -0.339 e. The normalized spacial score (nSPS) is 18.2. The van der Waals surface area contributed by atoms with E-state index in [0.29, 0.717) is 0 Å². The molecule has 1 amide bonds. The Kier molecular flexibility index (Phi) is 5.65. The molecular formula is C17H25ClN2O. The first-order valence-electron chi connectivity index (χ1n) is 7.83. The van der Waals surface area contributed by atoms with Gasteiger partial charge >= 0.3 is 0 Å². The number of carbonyl (C=O) groups excluding carboxylic acids is 1. The summed E-state index contributed by atoms with van der Waals surface area (Å²) in [5.41, 5.74) is 3.72. The lowest BCUT2D eigenvalue weighted by Gasteiger charge is -2.32. The summed E-state index contributed by atoms with van der Waals surface area (Å²) in [5.74, 6) is 0.951. The van der Waals surface area contributed by atoms with Crippen LogP contribution >= 0.6 is 12.4 Å². The molecule has 3 nitrogen and oxygen atoms in total. The van der Waals surface area contributed by atoms with Gasteiger partial charge in [-0.1, -0.05) is 6.07 Å². The number of nitrogens with one attached hydrogen (secondary N) is 1. The monoisotopic (exact) mass is 308 g/mol. The molecule has 4 heteroatoms. The molecular weight excluding hydrogens is 284 g/mol. The Labute approximate surface area is 133 Å². The van der Waals surface area contributed by atoms with Crippen LogP contribution in [0.25, 0.3) is 0 Å². The third-order valence-corrected chi connectivity index (χ3v) is 4.74. The Hall–Kier alpha value is -1.06. The molecule has 0 radical (unpaired) electrons. The molecule has 2 aliphatic rings. The van der Waals surface area contributed by atoms with E-state index in [2.05, 4.69) is 17.4 Å². The fourth-order valence-corrected chi connectivity index (χ4v) is 3.52. The highest BCUT2D eigenvalue weighted by molar-refractivity contribution is 5.94. The quantitative estimate of drug-likeness (QED) is 0.931. The third kappa shape index (κ3) is 3.58. The van der Waals surface area contributed by atoms with Crippen molar-refractivity contribution in [3.8, 4) is 0 Å². The van der Waals surface area contributed by atoms with Crippen molar-refractivity contribution >= 4 is 18.3 Å². The fraction of sp³-hybridized carbons (Fsp3) is 0.588. The number of halogens is 1. The molecule has 3 rings (SSSR count). The first kappa shape index (κ1) is 16.3. The van der Waals surface area contributed by atoms with Crippen LogP contribution in [-0.4, -0.2) is 37.5 Å². The van der Waals surface area contributed by atoms with Gasteiger partial charge < -0.3 is 10.2 Å². The van der Waals surface area contributed by atoms with Crippen molar-refractivity contribution in [1.82, 2.24) is 10.2 Å². The van der Waals surface area contributed by atoms with Crippen LogP contribution in [0.15, 0.2) is 18.2 Å². The van der Waals surface area contributed by atoms with Crippen molar-refractivity contribution in [2.75, 3.05) is 26.7 Å². The number of amides is 1. The number of piperidine rings is 1. The van der Waals surface area contributed by atoms with Gasteiger partial charge in [-0.3, -0.25) is 4.79 Å². The van der Waals surface area contributed by atoms with Crippen LogP contribution < -0.4 is 5.32 Å².